The molecule has 0 aliphatic heterocycles. The topological polar surface area (TPSA) is 42.6 Å². The van der Waals surface area contributed by atoms with Crippen LogP contribution in [-0.4, -0.2) is 12.2 Å². The van der Waals surface area contributed by atoms with E-state index in [1.807, 2.05) is 24.3 Å². The highest BCUT2D eigenvalue weighted by atomic mass is 79.9. The Kier molecular flexibility index (Phi) is 5.07. The molecule has 0 bridgehead atoms. The molecule has 2 aromatic rings. The second kappa shape index (κ2) is 6.59. The van der Waals surface area contributed by atoms with Crippen molar-refractivity contribution in [1.82, 2.24) is 0 Å². The van der Waals surface area contributed by atoms with Crippen molar-refractivity contribution in [2.75, 3.05) is 7.11 Å². The smallest absolute Gasteiger partial charge is 0.183 e. The zero-order chi connectivity index (χ0) is 13.8. The van der Waals surface area contributed by atoms with Gasteiger partial charge in [0.1, 0.15) is 17.6 Å². The summed E-state index contributed by atoms with van der Waals surface area (Å²) in [6, 6.07) is 9.62. The minimum atomic E-state index is -0.607. The van der Waals surface area contributed by atoms with Crippen molar-refractivity contribution in [2.45, 2.75) is 18.9 Å². The summed E-state index contributed by atoms with van der Waals surface area (Å²) < 4.78 is 11.9. The lowest BCUT2D eigenvalue weighted by Gasteiger charge is -2.08. The number of rotatable bonds is 5. The fourth-order valence-corrected chi connectivity index (χ4v) is 2.37. The van der Waals surface area contributed by atoms with Crippen LogP contribution in [0.15, 0.2) is 43.9 Å². The summed E-state index contributed by atoms with van der Waals surface area (Å²) in [6.45, 7) is 0. The van der Waals surface area contributed by atoms with Crippen molar-refractivity contribution in [3.63, 3.8) is 0 Å². The van der Waals surface area contributed by atoms with E-state index in [4.69, 9.17) is 9.15 Å². The van der Waals surface area contributed by atoms with Gasteiger partial charge in [0, 0.05) is 0 Å². The summed E-state index contributed by atoms with van der Waals surface area (Å²) in [6.07, 6.45) is 0.782. The molecule has 1 aromatic heterocycles. The largest absolute Gasteiger partial charge is 0.497 e. The molecule has 0 amide bonds. The van der Waals surface area contributed by atoms with Crippen molar-refractivity contribution in [1.29, 1.82) is 0 Å². The second-order valence-corrected chi connectivity index (χ2v) is 5.75. The van der Waals surface area contributed by atoms with E-state index in [1.54, 1.807) is 13.2 Å². The lowest BCUT2D eigenvalue weighted by Crippen LogP contribution is -1.98. The molecule has 19 heavy (non-hydrogen) atoms. The molecule has 0 radical (unpaired) electrons. The fraction of sp³-hybridized carbons (Fsp3) is 0.286. The number of benzene rings is 1. The molecule has 5 heteroatoms. The fourth-order valence-electron chi connectivity index (χ4n) is 1.77. The van der Waals surface area contributed by atoms with Gasteiger partial charge in [-0.05, 0) is 68.5 Å². The Bertz CT molecular complexity index is 515. The van der Waals surface area contributed by atoms with E-state index in [1.165, 1.54) is 0 Å². The zero-order valence-electron chi connectivity index (χ0n) is 10.4. The molecular weight excluding hydrogens is 376 g/mol. The molecule has 0 saturated carbocycles. The van der Waals surface area contributed by atoms with Gasteiger partial charge in [-0.15, -0.1) is 0 Å². The molecule has 102 valence electrons. The number of furan rings is 1. The first-order valence-electron chi connectivity index (χ1n) is 5.86. The first-order chi connectivity index (χ1) is 9.10. The van der Waals surface area contributed by atoms with Crippen LogP contribution >= 0.6 is 31.9 Å². The van der Waals surface area contributed by atoms with Gasteiger partial charge in [-0.3, -0.25) is 0 Å². The summed E-state index contributed by atoms with van der Waals surface area (Å²) in [5.41, 5.74) is 1.16. The molecule has 1 heterocycles. The number of hydrogen-bond donors (Lipinski definition) is 1. The molecule has 1 unspecified atom stereocenters. The van der Waals surface area contributed by atoms with E-state index >= 15 is 0 Å². The third-order valence-electron chi connectivity index (χ3n) is 2.86. The van der Waals surface area contributed by atoms with Crippen LogP contribution in [0, 0.1) is 0 Å². The van der Waals surface area contributed by atoms with Gasteiger partial charge in [0.05, 0.1) is 11.6 Å². The quantitative estimate of drug-likeness (QED) is 0.819. The van der Waals surface area contributed by atoms with Gasteiger partial charge >= 0.3 is 0 Å². The van der Waals surface area contributed by atoms with Crippen molar-refractivity contribution in [3.8, 4) is 5.75 Å². The summed E-state index contributed by atoms with van der Waals surface area (Å²) in [5, 5.41) is 10.1. The van der Waals surface area contributed by atoms with E-state index in [2.05, 4.69) is 31.9 Å². The highest BCUT2D eigenvalue weighted by Crippen LogP contribution is 2.31. The highest BCUT2D eigenvalue weighted by Gasteiger charge is 2.14. The molecule has 0 spiro atoms. The van der Waals surface area contributed by atoms with Crippen LogP contribution in [0.3, 0.4) is 0 Å². The predicted octanol–water partition coefficient (Wildman–Crippen LogP) is 4.48. The average Bonchev–Trinajstić information content (AvgIpc) is 2.77. The molecule has 2 rings (SSSR count). The van der Waals surface area contributed by atoms with E-state index in [9.17, 15) is 5.11 Å². The monoisotopic (exact) mass is 388 g/mol. The van der Waals surface area contributed by atoms with Crippen molar-refractivity contribution in [2.24, 2.45) is 0 Å². The van der Waals surface area contributed by atoms with Gasteiger partial charge in [0.25, 0.3) is 0 Å². The van der Waals surface area contributed by atoms with E-state index in [0.29, 0.717) is 16.9 Å². The molecule has 0 saturated heterocycles. The number of aliphatic hydroxyl groups excluding tert-OH is 1. The van der Waals surface area contributed by atoms with Crippen LogP contribution in [0.25, 0.3) is 0 Å². The molecule has 1 N–H and O–H groups in total. The number of aliphatic hydroxyl groups is 1. The number of hydrogen-bond acceptors (Lipinski definition) is 3. The molecule has 0 aliphatic carbocycles. The van der Waals surface area contributed by atoms with Crippen LogP contribution in [0.5, 0.6) is 5.75 Å². The van der Waals surface area contributed by atoms with Crippen LogP contribution in [0.4, 0.5) is 0 Å². The lowest BCUT2D eigenvalue weighted by molar-refractivity contribution is 0.139. The molecule has 0 aliphatic rings. The third kappa shape index (κ3) is 3.84. The van der Waals surface area contributed by atoms with Gasteiger partial charge in [-0.1, -0.05) is 12.1 Å². The maximum Gasteiger partial charge on any atom is 0.183 e. The molecule has 1 atom stereocenters. The van der Waals surface area contributed by atoms with Crippen LogP contribution in [0.1, 0.15) is 23.8 Å². The first-order valence-corrected chi connectivity index (χ1v) is 7.44. The normalized spacial score (nSPS) is 12.4. The molecule has 1 aromatic carbocycles. The Hall–Kier alpha value is -0.780. The first kappa shape index (κ1) is 14.6. The van der Waals surface area contributed by atoms with E-state index in [-0.39, 0.29) is 0 Å². The lowest BCUT2D eigenvalue weighted by atomic mass is 10.1. The summed E-state index contributed by atoms with van der Waals surface area (Å²) >= 11 is 6.59. The summed E-state index contributed by atoms with van der Waals surface area (Å²) in [5.74, 6) is 1.40. The number of methoxy groups -OCH3 is 1. The van der Waals surface area contributed by atoms with Crippen molar-refractivity contribution in [3.05, 3.63) is 50.8 Å². The SMILES string of the molecule is COc1ccc(CCC(O)c2cc(Br)c(Br)o2)cc1. The minimum absolute atomic E-state index is 0.562. The van der Waals surface area contributed by atoms with Crippen molar-refractivity contribution < 1.29 is 14.3 Å². The van der Waals surface area contributed by atoms with E-state index in [0.717, 1.165) is 22.2 Å². The highest BCUT2D eigenvalue weighted by molar-refractivity contribution is 9.13. The Morgan fingerprint density at radius 1 is 1.26 bits per heavy atom. The van der Waals surface area contributed by atoms with Gasteiger partial charge < -0.3 is 14.3 Å². The Balaban J connectivity index is 1.94. The molecular formula is C14H14Br2O3. The average molecular weight is 390 g/mol. The Morgan fingerprint density at radius 3 is 2.47 bits per heavy atom. The Labute approximate surface area is 128 Å². The third-order valence-corrected chi connectivity index (χ3v) is 4.57. The van der Waals surface area contributed by atoms with Crippen LogP contribution in [-0.2, 0) is 6.42 Å². The van der Waals surface area contributed by atoms with Gasteiger partial charge in [0.15, 0.2) is 4.67 Å². The minimum Gasteiger partial charge on any atom is -0.497 e. The maximum atomic E-state index is 10.1. The second-order valence-electron chi connectivity index (χ2n) is 4.17. The van der Waals surface area contributed by atoms with Gasteiger partial charge in [0.2, 0.25) is 0 Å². The number of halogens is 2. The van der Waals surface area contributed by atoms with E-state index < -0.39 is 6.10 Å². The summed E-state index contributed by atoms with van der Waals surface area (Å²) in [7, 11) is 1.64. The number of aryl methyl sites for hydroxylation is 1. The van der Waals surface area contributed by atoms with Gasteiger partial charge in [-0.25, -0.2) is 0 Å². The summed E-state index contributed by atoms with van der Waals surface area (Å²) in [4.78, 5) is 0. The van der Waals surface area contributed by atoms with Crippen LogP contribution in [0.2, 0.25) is 0 Å². The maximum absolute atomic E-state index is 10.1. The zero-order valence-corrected chi connectivity index (χ0v) is 13.6. The standard InChI is InChI=1S/C14H14Br2O3/c1-18-10-5-2-9(3-6-10)4-7-12(17)13-8-11(15)14(16)19-13/h2-3,5-6,8,12,17H,4,7H2,1H3. The predicted molar refractivity (Wildman–Crippen MR) is 80.4 cm³/mol. The molecule has 3 nitrogen and oxygen atoms in total. The molecule has 0 fully saturated rings. The van der Waals surface area contributed by atoms with Crippen molar-refractivity contribution >= 4 is 31.9 Å². The number of ether oxygens (including phenoxy) is 1. The Morgan fingerprint density at radius 2 is 1.95 bits per heavy atom. The van der Waals surface area contributed by atoms with Crippen LogP contribution < -0.4 is 4.74 Å². The van der Waals surface area contributed by atoms with Gasteiger partial charge in [-0.2, -0.15) is 0 Å².